The van der Waals surface area contributed by atoms with E-state index in [0.29, 0.717) is 19.1 Å². The van der Waals surface area contributed by atoms with Crippen LogP contribution in [0, 0.1) is 11.6 Å². The average Bonchev–Trinajstić information content (AvgIpc) is 2.74. The van der Waals surface area contributed by atoms with Crippen LogP contribution in [-0.2, 0) is 0 Å². The highest BCUT2D eigenvalue weighted by atomic mass is 35.5. The van der Waals surface area contributed by atoms with E-state index in [0.717, 1.165) is 18.2 Å². The highest BCUT2D eigenvalue weighted by Crippen LogP contribution is 2.16. The topological polar surface area (TPSA) is 41.1 Å². The summed E-state index contributed by atoms with van der Waals surface area (Å²) < 4.78 is 26.4. The largest absolute Gasteiger partial charge is 0.351 e. The van der Waals surface area contributed by atoms with Crippen molar-refractivity contribution in [1.29, 1.82) is 0 Å². The van der Waals surface area contributed by atoms with Gasteiger partial charge in [0.15, 0.2) is 0 Å². The molecule has 124 valence electrons. The van der Waals surface area contributed by atoms with Crippen molar-refractivity contribution in [2.24, 2.45) is 0 Å². The molecule has 6 heteroatoms. The van der Waals surface area contributed by atoms with E-state index in [1.165, 1.54) is 38.5 Å². The number of hydrogen-bond donors (Lipinski definition) is 2. The van der Waals surface area contributed by atoms with E-state index in [-0.39, 0.29) is 18.0 Å². The molecule has 1 amide bonds. The van der Waals surface area contributed by atoms with Gasteiger partial charge < -0.3 is 10.6 Å². The number of nitrogens with one attached hydrogen (secondary N) is 2. The molecule has 3 nitrogen and oxygen atoms in total. The lowest BCUT2D eigenvalue weighted by Gasteiger charge is -2.16. The van der Waals surface area contributed by atoms with Crippen LogP contribution in [-0.4, -0.2) is 25.0 Å². The van der Waals surface area contributed by atoms with Crippen molar-refractivity contribution in [3.05, 3.63) is 35.4 Å². The Morgan fingerprint density at radius 1 is 1.09 bits per heavy atom. The third kappa shape index (κ3) is 5.89. The first kappa shape index (κ1) is 18.8. The van der Waals surface area contributed by atoms with Crippen molar-refractivity contribution in [3.63, 3.8) is 0 Å². The predicted octanol–water partition coefficient (Wildman–Crippen LogP) is 3.43. The van der Waals surface area contributed by atoms with Gasteiger partial charge in [-0.1, -0.05) is 25.7 Å². The first-order valence-electron chi connectivity index (χ1n) is 7.63. The molecule has 1 fully saturated rings. The van der Waals surface area contributed by atoms with Crippen molar-refractivity contribution >= 4 is 18.3 Å². The fraction of sp³-hybridized carbons (Fsp3) is 0.562. The Balaban J connectivity index is 0.00000242. The Morgan fingerprint density at radius 2 is 1.77 bits per heavy atom. The second-order valence-corrected chi connectivity index (χ2v) is 5.52. The molecule has 0 heterocycles. The smallest absolute Gasteiger partial charge is 0.254 e. The summed E-state index contributed by atoms with van der Waals surface area (Å²) in [7, 11) is 0. The molecule has 0 saturated heterocycles. The molecule has 1 aliphatic carbocycles. The summed E-state index contributed by atoms with van der Waals surface area (Å²) >= 11 is 0. The fourth-order valence-corrected chi connectivity index (χ4v) is 2.70. The molecular formula is C16H23ClF2N2O. The minimum absolute atomic E-state index is 0. The van der Waals surface area contributed by atoms with Crippen LogP contribution in [0.15, 0.2) is 18.2 Å². The number of benzene rings is 1. The SMILES string of the molecule is Cl.O=C(NCCNC1CCCCCC1)c1cc(F)ccc1F. The van der Waals surface area contributed by atoms with E-state index in [1.807, 2.05) is 0 Å². The first-order chi connectivity index (χ1) is 10.2. The van der Waals surface area contributed by atoms with Crippen molar-refractivity contribution in [1.82, 2.24) is 10.6 Å². The van der Waals surface area contributed by atoms with Crippen molar-refractivity contribution in [2.45, 2.75) is 44.6 Å². The maximum atomic E-state index is 13.4. The van der Waals surface area contributed by atoms with Gasteiger partial charge in [0.05, 0.1) is 5.56 Å². The van der Waals surface area contributed by atoms with Gasteiger partial charge in [-0.25, -0.2) is 8.78 Å². The van der Waals surface area contributed by atoms with E-state index in [9.17, 15) is 13.6 Å². The van der Waals surface area contributed by atoms with Crippen LogP contribution in [0.1, 0.15) is 48.9 Å². The van der Waals surface area contributed by atoms with E-state index in [4.69, 9.17) is 0 Å². The summed E-state index contributed by atoms with van der Waals surface area (Å²) in [5.74, 6) is -1.89. The van der Waals surface area contributed by atoms with Crippen molar-refractivity contribution < 1.29 is 13.6 Å². The quantitative estimate of drug-likeness (QED) is 0.640. The highest BCUT2D eigenvalue weighted by Gasteiger charge is 2.13. The number of halogens is 3. The number of carbonyl (C=O) groups excluding carboxylic acids is 1. The van der Waals surface area contributed by atoms with Crippen LogP contribution >= 0.6 is 12.4 Å². The second-order valence-electron chi connectivity index (χ2n) is 5.52. The zero-order chi connectivity index (χ0) is 15.1. The minimum atomic E-state index is -0.703. The Bertz CT molecular complexity index is 477. The van der Waals surface area contributed by atoms with Gasteiger partial charge in [-0.3, -0.25) is 4.79 Å². The normalized spacial score (nSPS) is 15.7. The lowest BCUT2D eigenvalue weighted by Crippen LogP contribution is -2.37. The van der Waals surface area contributed by atoms with Crippen LogP contribution in [0.25, 0.3) is 0 Å². The zero-order valence-corrected chi connectivity index (χ0v) is 13.4. The predicted molar refractivity (Wildman–Crippen MR) is 85.4 cm³/mol. The number of rotatable bonds is 5. The zero-order valence-electron chi connectivity index (χ0n) is 12.5. The van der Waals surface area contributed by atoms with Gasteiger partial charge >= 0.3 is 0 Å². The second kappa shape index (κ2) is 9.74. The molecule has 1 aromatic carbocycles. The maximum absolute atomic E-state index is 13.4. The van der Waals surface area contributed by atoms with Gasteiger partial charge in [-0.05, 0) is 31.0 Å². The molecule has 0 atom stereocenters. The fourth-order valence-electron chi connectivity index (χ4n) is 2.70. The summed E-state index contributed by atoms with van der Waals surface area (Å²) in [6.07, 6.45) is 7.44. The van der Waals surface area contributed by atoms with E-state index >= 15 is 0 Å². The third-order valence-corrected chi connectivity index (χ3v) is 3.87. The average molecular weight is 333 g/mol. The molecule has 1 saturated carbocycles. The molecule has 0 unspecified atom stereocenters. The Hall–Kier alpha value is -1.20. The van der Waals surface area contributed by atoms with Gasteiger partial charge in [0.1, 0.15) is 11.6 Å². The van der Waals surface area contributed by atoms with Crippen molar-refractivity contribution in [2.75, 3.05) is 13.1 Å². The maximum Gasteiger partial charge on any atom is 0.254 e. The first-order valence-corrected chi connectivity index (χ1v) is 7.63. The van der Waals surface area contributed by atoms with Crippen LogP contribution < -0.4 is 10.6 Å². The van der Waals surface area contributed by atoms with E-state index in [2.05, 4.69) is 10.6 Å². The minimum Gasteiger partial charge on any atom is -0.351 e. The van der Waals surface area contributed by atoms with Gasteiger partial charge in [-0.15, -0.1) is 12.4 Å². The third-order valence-electron chi connectivity index (χ3n) is 3.87. The van der Waals surface area contributed by atoms with Gasteiger partial charge in [-0.2, -0.15) is 0 Å². The molecule has 0 aromatic heterocycles. The number of carbonyl (C=O) groups is 1. The van der Waals surface area contributed by atoms with Gasteiger partial charge in [0.25, 0.3) is 5.91 Å². The van der Waals surface area contributed by atoms with Crippen LogP contribution in [0.5, 0.6) is 0 Å². The van der Waals surface area contributed by atoms with Crippen LogP contribution in [0.3, 0.4) is 0 Å². The summed E-state index contributed by atoms with van der Waals surface area (Å²) in [6.45, 7) is 1.05. The molecule has 2 N–H and O–H groups in total. The summed E-state index contributed by atoms with van der Waals surface area (Å²) in [6, 6.07) is 3.40. The Morgan fingerprint density at radius 3 is 2.45 bits per heavy atom. The molecule has 0 radical (unpaired) electrons. The Kier molecular flexibility index (Phi) is 8.35. The summed E-state index contributed by atoms with van der Waals surface area (Å²) in [4.78, 5) is 11.8. The molecule has 0 aliphatic heterocycles. The molecule has 1 aliphatic rings. The highest BCUT2D eigenvalue weighted by molar-refractivity contribution is 5.94. The standard InChI is InChI=1S/C16H22F2N2O.ClH/c17-12-7-8-15(18)14(11-12)16(21)20-10-9-19-13-5-3-1-2-4-6-13;/h7-8,11,13,19H,1-6,9-10H2,(H,20,21);1H. The van der Waals surface area contributed by atoms with E-state index < -0.39 is 17.5 Å². The monoisotopic (exact) mass is 332 g/mol. The summed E-state index contributed by atoms with van der Waals surface area (Å²) in [5.41, 5.74) is -0.246. The van der Waals surface area contributed by atoms with Gasteiger partial charge in [0, 0.05) is 19.1 Å². The lowest BCUT2D eigenvalue weighted by molar-refractivity contribution is 0.0949. The molecule has 0 spiro atoms. The molecule has 0 bridgehead atoms. The van der Waals surface area contributed by atoms with Crippen LogP contribution in [0.2, 0.25) is 0 Å². The Labute approximate surface area is 136 Å². The lowest BCUT2D eigenvalue weighted by atomic mass is 10.1. The van der Waals surface area contributed by atoms with Crippen molar-refractivity contribution in [3.8, 4) is 0 Å². The molecular weight excluding hydrogens is 310 g/mol. The van der Waals surface area contributed by atoms with Crippen LogP contribution in [0.4, 0.5) is 8.78 Å². The van der Waals surface area contributed by atoms with Gasteiger partial charge in [0.2, 0.25) is 0 Å². The molecule has 1 aromatic rings. The number of amides is 1. The molecule has 22 heavy (non-hydrogen) atoms. The summed E-state index contributed by atoms with van der Waals surface area (Å²) in [5, 5.41) is 6.03. The van der Waals surface area contributed by atoms with E-state index in [1.54, 1.807) is 0 Å². The molecule has 2 rings (SSSR count). The number of hydrogen-bond acceptors (Lipinski definition) is 2.